The standard InChI is InChI=1S/C19H18ClNO2.ClH/c1-22-17-4-2-3-14(11-17)12-21-13-18-9-10-19(23-18)15-5-7-16(20)8-6-15;/h2-11,21H,12-13H2,1H3;1H. The molecule has 1 aromatic heterocycles. The Morgan fingerprint density at radius 2 is 1.79 bits per heavy atom. The Morgan fingerprint density at radius 3 is 2.54 bits per heavy atom. The lowest BCUT2D eigenvalue weighted by atomic mass is 10.2. The second-order valence-electron chi connectivity index (χ2n) is 5.23. The van der Waals surface area contributed by atoms with E-state index in [1.54, 1.807) is 7.11 Å². The fourth-order valence-corrected chi connectivity index (χ4v) is 2.48. The van der Waals surface area contributed by atoms with Gasteiger partial charge in [0.25, 0.3) is 0 Å². The van der Waals surface area contributed by atoms with E-state index in [-0.39, 0.29) is 12.4 Å². The first kappa shape index (κ1) is 18.4. The van der Waals surface area contributed by atoms with E-state index in [2.05, 4.69) is 11.4 Å². The summed E-state index contributed by atoms with van der Waals surface area (Å²) in [6.07, 6.45) is 0. The smallest absolute Gasteiger partial charge is 0.134 e. The third-order valence-electron chi connectivity index (χ3n) is 3.55. The van der Waals surface area contributed by atoms with Gasteiger partial charge in [0.05, 0.1) is 13.7 Å². The van der Waals surface area contributed by atoms with Gasteiger partial charge < -0.3 is 14.5 Å². The van der Waals surface area contributed by atoms with Gasteiger partial charge in [-0.3, -0.25) is 0 Å². The van der Waals surface area contributed by atoms with Crippen LogP contribution in [0.1, 0.15) is 11.3 Å². The van der Waals surface area contributed by atoms with Crippen LogP contribution >= 0.6 is 24.0 Å². The van der Waals surface area contributed by atoms with Crippen molar-refractivity contribution in [2.75, 3.05) is 7.11 Å². The molecule has 24 heavy (non-hydrogen) atoms. The molecule has 0 aliphatic rings. The molecule has 3 rings (SSSR count). The Morgan fingerprint density at radius 1 is 1.00 bits per heavy atom. The predicted molar refractivity (Wildman–Crippen MR) is 99.9 cm³/mol. The first-order valence-corrected chi connectivity index (χ1v) is 7.81. The average molecular weight is 364 g/mol. The van der Waals surface area contributed by atoms with Gasteiger partial charge in [0.2, 0.25) is 0 Å². The Balaban J connectivity index is 0.00000208. The molecule has 0 aliphatic carbocycles. The van der Waals surface area contributed by atoms with Crippen LogP contribution in [0.5, 0.6) is 5.75 Å². The number of benzene rings is 2. The third kappa shape index (κ3) is 4.78. The second kappa shape index (κ2) is 8.78. The van der Waals surface area contributed by atoms with Crippen molar-refractivity contribution in [3.8, 4) is 17.1 Å². The highest BCUT2D eigenvalue weighted by Gasteiger charge is 2.05. The van der Waals surface area contributed by atoms with E-state index in [1.165, 1.54) is 5.56 Å². The van der Waals surface area contributed by atoms with E-state index in [9.17, 15) is 0 Å². The van der Waals surface area contributed by atoms with Crippen molar-refractivity contribution in [3.05, 3.63) is 77.0 Å². The summed E-state index contributed by atoms with van der Waals surface area (Å²) in [6, 6.07) is 19.6. The zero-order valence-corrected chi connectivity index (χ0v) is 14.9. The van der Waals surface area contributed by atoms with Gasteiger partial charge in [0.1, 0.15) is 17.3 Å². The Hall–Kier alpha value is -1.94. The normalized spacial score (nSPS) is 10.2. The van der Waals surface area contributed by atoms with Gasteiger partial charge in [-0.05, 0) is 54.1 Å². The highest BCUT2D eigenvalue weighted by atomic mass is 35.5. The van der Waals surface area contributed by atoms with Crippen LogP contribution in [-0.4, -0.2) is 7.11 Å². The fourth-order valence-electron chi connectivity index (χ4n) is 2.35. The lowest BCUT2D eigenvalue weighted by Crippen LogP contribution is -2.12. The SMILES string of the molecule is COc1cccc(CNCc2ccc(-c3ccc(Cl)cc3)o2)c1.Cl. The number of halogens is 2. The molecule has 3 aromatic rings. The van der Waals surface area contributed by atoms with E-state index in [4.69, 9.17) is 20.8 Å². The molecule has 0 spiro atoms. The minimum absolute atomic E-state index is 0. The number of ether oxygens (including phenoxy) is 1. The van der Waals surface area contributed by atoms with E-state index >= 15 is 0 Å². The number of methoxy groups -OCH3 is 1. The van der Waals surface area contributed by atoms with Crippen molar-refractivity contribution >= 4 is 24.0 Å². The molecule has 0 radical (unpaired) electrons. The van der Waals surface area contributed by atoms with Gasteiger partial charge in [-0.25, -0.2) is 0 Å². The van der Waals surface area contributed by atoms with Crippen molar-refractivity contribution in [2.24, 2.45) is 0 Å². The molecule has 0 amide bonds. The molecule has 0 bridgehead atoms. The first-order valence-electron chi connectivity index (χ1n) is 7.43. The van der Waals surface area contributed by atoms with Crippen LogP contribution in [0.15, 0.2) is 65.1 Å². The summed E-state index contributed by atoms with van der Waals surface area (Å²) in [7, 11) is 1.67. The average Bonchev–Trinajstić information content (AvgIpc) is 3.04. The zero-order chi connectivity index (χ0) is 16.1. The number of hydrogen-bond acceptors (Lipinski definition) is 3. The lowest BCUT2D eigenvalue weighted by molar-refractivity contribution is 0.414. The molecule has 3 nitrogen and oxygen atoms in total. The van der Waals surface area contributed by atoms with E-state index < -0.39 is 0 Å². The molecule has 126 valence electrons. The summed E-state index contributed by atoms with van der Waals surface area (Å²) in [4.78, 5) is 0. The summed E-state index contributed by atoms with van der Waals surface area (Å²) in [5.41, 5.74) is 2.20. The number of nitrogens with one attached hydrogen (secondary N) is 1. The highest BCUT2D eigenvalue weighted by molar-refractivity contribution is 6.30. The van der Waals surface area contributed by atoms with Crippen molar-refractivity contribution in [1.29, 1.82) is 0 Å². The Bertz CT molecular complexity index is 769. The van der Waals surface area contributed by atoms with E-state index in [0.717, 1.165) is 34.4 Å². The molecule has 0 atom stereocenters. The monoisotopic (exact) mass is 363 g/mol. The van der Waals surface area contributed by atoms with Gasteiger partial charge in [-0.15, -0.1) is 12.4 Å². The van der Waals surface area contributed by atoms with Crippen LogP contribution in [0.25, 0.3) is 11.3 Å². The highest BCUT2D eigenvalue weighted by Crippen LogP contribution is 2.23. The quantitative estimate of drug-likeness (QED) is 0.643. The van der Waals surface area contributed by atoms with Crippen LogP contribution in [-0.2, 0) is 13.1 Å². The Labute approximate surface area is 153 Å². The molecule has 0 aliphatic heterocycles. The second-order valence-corrected chi connectivity index (χ2v) is 5.66. The van der Waals surface area contributed by atoms with Crippen LogP contribution in [0.2, 0.25) is 5.02 Å². The van der Waals surface area contributed by atoms with Crippen molar-refractivity contribution in [2.45, 2.75) is 13.1 Å². The maximum atomic E-state index is 5.90. The zero-order valence-electron chi connectivity index (χ0n) is 13.3. The van der Waals surface area contributed by atoms with Gasteiger partial charge in [-0.2, -0.15) is 0 Å². The van der Waals surface area contributed by atoms with Gasteiger partial charge in [0.15, 0.2) is 0 Å². The molecule has 5 heteroatoms. The summed E-state index contributed by atoms with van der Waals surface area (Å²) >= 11 is 5.90. The molecule has 0 fully saturated rings. The third-order valence-corrected chi connectivity index (χ3v) is 3.80. The molecule has 1 heterocycles. The Kier molecular flexibility index (Phi) is 6.73. The summed E-state index contributed by atoms with van der Waals surface area (Å²) in [5, 5.41) is 4.10. The molecular weight excluding hydrogens is 345 g/mol. The number of hydrogen-bond donors (Lipinski definition) is 1. The summed E-state index contributed by atoms with van der Waals surface area (Å²) < 4.78 is 11.1. The molecule has 1 N–H and O–H groups in total. The van der Waals surface area contributed by atoms with Crippen LogP contribution in [0.3, 0.4) is 0 Å². The fraction of sp³-hybridized carbons (Fsp3) is 0.158. The predicted octanol–water partition coefficient (Wildman–Crippen LogP) is 5.32. The summed E-state index contributed by atoms with van der Waals surface area (Å²) in [6.45, 7) is 1.43. The van der Waals surface area contributed by atoms with Crippen molar-refractivity contribution < 1.29 is 9.15 Å². The lowest BCUT2D eigenvalue weighted by Gasteiger charge is -2.05. The largest absolute Gasteiger partial charge is 0.497 e. The molecular formula is C19H19Cl2NO2. The minimum Gasteiger partial charge on any atom is -0.497 e. The van der Waals surface area contributed by atoms with E-state index in [1.807, 2.05) is 54.6 Å². The molecule has 2 aromatic carbocycles. The number of furan rings is 1. The van der Waals surface area contributed by atoms with Crippen molar-refractivity contribution in [1.82, 2.24) is 5.32 Å². The maximum absolute atomic E-state index is 5.90. The minimum atomic E-state index is 0. The van der Waals surface area contributed by atoms with Gasteiger partial charge >= 0.3 is 0 Å². The number of rotatable bonds is 6. The first-order chi connectivity index (χ1) is 11.2. The van der Waals surface area contributed by atoms with Crippen LogP contribution in [0, 0.1) is 0 Å². The summed E-state index contributed by atoms with van der Waals surface area (Å²) in [5.74, 6) is 2.62. The van der Waals surface area contributed by atoms with E-state index in [0.29, 0.717) is 6.54 Å². The molecule has 0 saturated carbocycles. The van der Waals surface area contributed by atoms with Gasteiger partial charge in [-0.1, -0.05) is 23.7 Å². The topological polar surface area (TPSA) is 34.4 Å². The molecule has 0 unspecified atom stereocenters. The maximum Gasteiger partial charge on any atom is 0.134 e. The van der Waals surface area contributed by atoms with Crippen LogP contribution < -0.4 is 10.1 Å². The van der Waals surface area contributed by atoms with Crippen LogP contribution in [0.4, 0.5) is 0 Å². The van der Waals surface area contributed by atoms with Crippen molar-refractivity contribution in [3.63, 3.8) is 0 Å². The molecule has 0 saturated heterocycles. The van der Waals surface area contributed by atoms with Gasteiger partial charge in [0, 0.05) is 17.1 Å².